The number of rotatable bonds is 7. The zero-order chi connectivity index (χ0) is 18.4. The van der Waals surface area contributed by atoms with Crippen molar-refractivity contribution in [3.05, 3.63) is 64.1 Å². The highest BCUT2D eigenvalue weighted by molar-refractivity contribution is 9.10. The molecule has 2 rings (SSSR count). The fourth-order valence-electron chi connectivity index (χ4n) is 2.05. The average molecular weight is 405 g/mol. The molecule has 0 heterocycles. The molecule has 0 aromatic heterocycles. The summed E-state index contributed by atoms with van der Waals surface area (Å²) in [6, 6.07) is 11.8. The zero-order valence-electron chi connectivity index (χ0n) is 13.7. The highest BCUT2D eigenvalue weighted by Crippen LogP contribution is 2.24. The van der Waals surface area contributed by atoms with Gasteiger partial charge in [-0.2, -0.15) is 0 Å². The van der Waals surface area contributed by atoms with Crippen molar-refractivity contribution in [2.45, 2.75) is 13.0 Å². The van der Waals surface area contributed by atoms with Crippen LogP contribution in [-0.2, 0) is 4.79 Å². The number of halogens is 1. The molecule has 0 amide bonds. The van der Waals surface area contributed by atoms with E-state index in [0.29, 0.717) is 17.1 Å². The summed E-state index contributed by atoms with van der Waals surface area (Å²) in [5.41, 5.74) is 1.25. The Morgan fingerprint density at radius 3 is 2.44 bits per heavy atom. The maximum atomic E-state index is 12.3. The summed E-state index contributed by atoms with van der Waals surface area (Å²) < 4.78 is 11.4. The van der Waals surface area contributed by atoms with E-state index < -0.39 is 12.1 Å². The Hall–Kier alpha value is -2.60. The van der Waals surface area contributed by atoms with Gasteiger partial charge in [-0.3, -0.25) is 4.79 Å². The van der Waals surface area contributed by atoms with Crippen molar-refractivity contribution in [3.63, 3.8) is 0 Å². The molecule has 0 saturated carbocycles. The molecule has 25 heavy (non-hydrogen) atoms. The van der Waals surface area contributed by atoms with E-state index in [4.69, 9.17) is 14.6 Å². The van der Waals surface area contributed by atoms with Gasteiger partial charge in [0, 0.05) is 15.6 Å². The Balaban J connectivity index is 2.11. The van der Waals surface area contributed by atoms with Crippen molar-refractivity contribution in [2.24, 2.45) is 0 Å². The summed E-state index contributed by atoms with van der Waals surface area (Å²) in [6.45, 7) is 1.44. The number of hydrogen-bond donors (Lipinski definition) is 1. The first kappa shape index (κ1) is 18.7. The summed E-state index contributed by atoms with van der Waals surface area (Å²) >= 11 is 3.39. The summed E-state index contributed by atoms with van der Waals surface area (Å²) in [4.78, 5) is 23.0. The lowest BCUT2D eigenvalue weighted by Gasteiger charge is -2.10. The van der Waals surface area contributed by atoms with E-state index in [0.717, 1.165) is 10.0 Å². The number of carbonyl (C=O) groups is 2. The first-order chi connectivity index (χ1) is 11.9. The van der Waals surface area contributed by atoms with Gasteiger partial charge in [-0.05, 0) is 61.5 Å². The van der Waals surface area contributed by atoms with Crippen LogP contribution in [0.1, 0.15) is 22.8 Å². The van der Waals surface area contributed by atoms with Crippen LogP contribution in [0.4, 0.5) is 0 Å². The molecule has 130 valence electrons. The van der Waals surface area contributed by atoms with E-state index in [-0.39, 0.29) is 5.78 Å². The number of carbonyl (C=O) groups excluding carboxylic acids is 1. The van der Waals surface area contributed by atoms with Crippen molar-refractivity contribution in [2.75, 3.05) is 7.11 Å². The third kappa shape index (κ3) is 5.19. The molecule has 1 unspecified atom stereocenters. The molecule has 0 saturated heterocycles. The van der Waals surface area contributed by atoms with E-state index in [1.807, 2.05) is 18.2 Å². The summed E-state index contributed by atoms with van der Waals surface area (Å²) in [5, 5.41) is 8.82. The van der Waals surface area contributed by atoms with Crippen LogP contribution in [0.15, 0.2) is 53.0 Å². The van der Waals surface area contributed by atoms with Gasteiger partial charge in [-0.25, -0.2) is 4.79 Å². The number of hydrogen-bond acceptors (Lipinski definition) is 4. The highest BCUT2D eigenvalue weighted by atomic mass is 79.9. The predicted octanol–water partition coefficient (Wildman–Crippen LogP) is 4.21. The minimum atomic E-state index is -1.05. The van der Waals surface area contributed by atoms with Gasteiger partial charge in [0.15, 0.2) is 11.9 Å². The molecule has 1 atom stereocenters. The number of benzene rings is 2. The SMILES string of the molecule is COc1ccc(Br)cc1C=CC(=O)c1ccc(OC(C)C(=O)O)cc1. The van der Waals surface area contributed by atoms with Crippen LogP contribution in [0.25, 0.3) is 6.08 Å². The lowest BCUT2D eigenvalue weighted by Crippen LogP contribution is -2.22. The van der Waals surface area contributed by atoms with Crippen LogP contribution in [0, 0.1) is 0 Å². The Bertz CT molecular complexity index is 796. The van der Waals surface area contributed by atoms with E-state index in [9.17, 15) is 9.59 Å². The molecule has 0 spiro atoms. The monoisotopic (exact) mass is 404 g/mol. The van der Waals surface area contributed by atoms with Gasteiger partial charge >= 0.3 is 5.97 Å². The zero-order valence-corrected chi connectivity index (χ0v) is 15.3. The van der Waals surface area contributed by atoms with Gasteiger partial charge in [0.2, 0.25) is 0 Å². The first-order valence-electron chi connectivity index (χ1n) is 7.46. The first-order valence-corrected chi connectivity index (χ1v) is 8.25. The third-order valence-corrected chi connectivity index (χ3v) is 3.90. The number of ketones is 1. The van der Waals surface area contributed by atoms with Crippen molar-refractivity contribution in [1.82, 2.24) is 0 Å². The van der Waals surface area contributed by atoms with Crippen LogP contribution in [-0.4, -0.2) is 30.1 Å². The number of ether oxygens (including phenoxy) is 2. The van der Waals surface area contributed by atoms with Gasteiger partial charge in [0.05, 0.1) is 7.11 Å². The lowest BCUT2D eigenvalue weighted by atomic mass is 10.1. The molecule has 1 N–H and O–H groups in total. The van der Waals surface area contributed by atoms with Gasteiger partial charge in [-0.1, -0.05) is 15.9 Å². The maximum Gasteiger partial charge on any atom is 0.344 e. The van der Waals surface area contributed by atoms with Crippen LogP contribution < -0.4 is 9.47 Å². The molecule has 0 radical (unpaired) electrons. The predicted molar refractivity (Wildman–Crippen MR) is 98.2 cm³/mol. The molecule has 0 bridgehead atoms. The average Bonchev–Trinajstić information content (AvgIpc) is 2.60. The van der Waals surface area contributed by atoms with E-state index in [1.54, 1.807) is 37.5 Å². The van der Waals surface area contributed by atoms with Crippen LogP contribution in [0.3, 0.4) is 0 Å². The second kappa shape index (κ2) is 8.48. The van der Waals surface area contributed by atoms with E-state index >= 15 is 0 Å². The van der Waals surface area contributed by atoms with Crippen LogP contribution >= 0.6 is 15.9 Å². The van der Waals surface area contributed by atoms with Crippen molar-refractivity contribution in [1.29, 1.82) is 0 Å². The topological polar surface area (TPSA) is 72.8 Å². The molecule has 0 aliphatic carbocycles. The van der Waals surface area contributed by atoms with E-state index in [1.165, 1.54) is 13.0 Å². The van der Waals surface area contributed by atoms with Crippen LogP contribution in [0.2, 0.25) is 0 Å². The number of allylic oxidation sites excluding steroid dienone is 1. The van der Waals surface area contributed by atoms with Crippen LogP contribution in [0.5, 0.6) is 11.5 Å². The smallest absolute Gasteiger partial charge is 0.344 e. The number of methoxy groups -OCH3 is 1. The summed E-state index contributed by atoms with van der Waals surface area (Å²) in [7, 11) is 1.57. The molecule has 2 aromatic carbocycles. The number of aliphatic carboxylic acids is 1. The quantitative estimate of drug-likeness (QED) is 0.552. The second-order valence-electron chi connectivity index (χ2n) is 5.21. The van der Waals surface area contributed by atoms with Crippen molar-refractivity contribution >= 4 is 33.8 Å². The minimum absolute atomic E-state index is 0.181. The standard InChI is InChI=1S/C19H17BrO5/c1-12(19(22)23)25-16-7-3-13(4-8-16)17(21)9-5-14-11-15(20)6-10-18(14)24-2/h3-12H,1-2H3,(H,22,23). The fraction of sp³-hybridized carbons (Fsp3) is 0.158. The Labute approximate surface area is 154 Å². The van der Waals surface area contributed by atoms with Gasteiger partial charge in [0.25, 0.3) is 0 Å². The van der Waals surface area contributed by atoms with Gasteiger partial charge in [0.1, 0.15) is 11.5 Å². The molecule has 6 heteroatoms. The molecular formula is C19H17BrO5. The molecule has 0 aliphatic rings. The molecule has 5 nitrogen and oxygen atoms in total. The Morgan fingerprint density at radius 2 is 1.84 bits per heavy atom. The molecule has 0 aliphatic heterocycles. The second-order valence-corrected chi connectivity index (χ2v) is 6.12. The normalized spacial score (nSPS) is 12.0. The summed E-state index contributed by atoms with van der Waals surface area (Å²) in [5.74, 6) is -0.173. The van der Waals surface area contributed by atoms with E-state index in [2.05, 4.69) is 15.9 Å². The largest absolute Gasteiger partial charge is 0.496 e. The molecular weight excluding hydrogens is 388 g/mol. The maximum absolute atomic E-state index is 12.3. The third-order valence-electron chi connectivity index (χ3n) is 3.41. The lowest BCUT2D eigenvalue weighted by molar-refractivity contribution is -0.144. The minimum Gasteiger partial charge on any atom is -0.496 e. The molecule has 2 aromatic rings. The Morgan fingerprint density at radius 1 is 1.16 bits per heavy atom. The number of carboxylic acids is 1. The van der Waals surface area contributed by atoms with Crippen molar-refractivity contribution < 1.29 is 24.2 Å². The fourth-order valence-corrected chi connectivity index (χ4v) is 2.43. The van der Waals surface area contributed by atoms with Crippen molar-refractivity contribution in [3.8, 4) is 11.5 Å². The van der Waals surface area contributed by atoms with Gasteiger partial charge in [-0.15, -0.1) is 0 Å². The number of carboxylic acid groups (broad SMARTS) is 1. The molecule has 0 fully saturated rings. The Kier molecular flexibility index (Phi) is 6.36. The summed E-state index contributed by atoms with van der Waals surface area (Å²) in [6.07, 6.45) is 2.19. The highest BCUT2D eigenvalue weighted by Gasteiger charge is 2.12. The van der Waals surface area contributed by atoms with Gasteiger partial charge < -0.3 is 14.6 Å².